The SMILES string of the molecule is O=C(Nc1ccc(I)cc1)c1occc1-c1ccccc1. The van der Waals surface area contributed by atoms with Gasteiger partial charge in [-0.05, 0) is 58.5 Å². The lowest BCUT2D eigenvalue weighted by molar-refractivity contribution is 0.0997. The lowest BCUT2D eigenvalue weighted by Gasteiger charge is -2.05. The number of hydrogen-bond acceptors (Lipinski definition) is 2. The van der Waals surface area contributed by atoms with Crippen LogP contribution in [0.4, 0.5) is 5.69 Å². The summed E-state index contributed by atoms with van der Waals surface area (Å²) in [4.78, 5) is 12.3. The van der Waals surface area contributed by atoms with Crippen molar-refractivity contribution in [1.82, 2.24) is 0 Å². The lowest BCUT2D eigenvalue weighted by atomic mass is 10.1. The second kappa shape index (κ2) is 6.13. The molecule has 0 bridgehead atoms. The fraction of sp³-hybridized carbons (Fsp3) is 0. The smallest absolute Gasteiger partial charge is 0.292 e. The summed E-state index contributed by atoms with van der Waals surface area (Å²) >= 11 is 2.22. The molecule has 0 atom stereocenters. The minimum absolute atomic E-state index is 0.250. The quantitative estimate of drug-likeness (QED) is 0.654. The van der Waals surface area contributed by atoms with Crippen LogP contribution in [0.1, 0.15) is 10.6 Å². The van der Waals surface area contributed by atoms with Crippen LogP contribution in [0.2, 0.25) is 0 Å². The van der Waals surface area contributed by atoms with Crippen molar-refractivity contribution in [1.29, 1.82) is 0 Å². The van der Waals surface area contributed by atoms with Gasteiger partial charge in [0.15, 0.2) is 5.76 Å². The van der Waals surface area contributed by atoms with Crippen molar-refractivity contribution >= 4 is 34.2 Å². The monoisotopic (exact) mass is 389 g/mol. The molecule has 2 aromatic carbocycles. The van der Waals surface area contributed by atoms with E-state index in [4.69, 9.17) is 4.42 Å². The van der Waals surface area contributed by atoms with Crippen molar-refractivity contribution in [2.45, 2.75) is 0 Å². The molecule has 21 heavy (non-hydrogen) atoms. The Balaban J connectivity index is 1.86. The maximum absolute atomic E-state index is 12.3. The summed E-state index contributed by atoms with van der Waals surface area (Å²) < 4.78 is 6.48. The zero-order chi connectivity index (χ0) is 14.7. The fourth-order valence-corrected chi connectivity index (χ4v) is 2.41. The summed E-state index contributed by atoms with van der Waals surface area (Å²) in [7, 11) is 0. The van der Waals surface area contributed by atoms with E-state index in [9.17, 15) is 4.79 Å². The average molecular weight is 389 g/mol. The molecule has 0 aliphatic rings. The fourth-order valence-electron chi connectivity index (χ4n) is 2.05. The van der Waals surface area contributed by atoms with Crippen LogP contribution < -0.4 is 5.32 Å². The third-order valence-electron chi connectivity index (χ3n) is 3.06. The topological polar surface area (TPSA) is 42.2 Å². The number of amides is 1. The Morgan fingerprint density at radius 2 is 1.67 bits per heavy atom. The molecule has 3 nitrogen and oxygen atoms in total. The second-order valence-corrected chi connectivity index (χ2v) is 5.74. The molecule has 0 saturated carbocycles. The first-order valence-electron chi connectivity index (χ1n) is 6.44. The van der Waals surface area contributed by atoms with Gasteiger partial charge in [0, 0.05) is 14.8 Å². The molecule has 1 N–H and O–H groups in total. The second-order valence-electron chi connectivity index (χ2n) is 4.49. The van der Waals surface area contributed by atoms with Gasteiger partial charge in [-0.2, -0.15) is 0 Å². The highest BCUT2D eigenvalue weighted by Crippen LogP contribution is 2.25. The zero-order valence-electron chi connectivity index (χ0n) is 11.0. The van der Waals surface area contributed by atoms with Gasteiger partial charge in [0.05, 0.1) is 6.26 Å². The van der Waals surface area contributed by atoms with Crippen molar-refractivity contribution in [3.63, 3.8) is 0 Å². The lowest BCUT2D eigenvalue weighted by Crippen LogP contribution is -2.11. The maximum atomic E-state index is 12.3. The Morgan fingerprint density at radius 1 is 0.952 bits per heavy atom. The van der Waals surface area contributed by atoms with Gasteiger partial charge in [-0.25, -0.2) is 0 Å². The van der Waals surface area contributed by atoms with Gasteiger partial charge >= 0.3 is 0 Å². The van der Waals surface area contributed by atoms with Crippen LogP contribution in [0, 0.1) is 3.57 Å². The van der Waals surface area contributed by atoms with Gasteiger partial charge in [-0.3, -0.25) is 4.79 Å². The Kier molecular flexibility index (Phi) is 4.06. The van der Waals surface area contributed by atoms with Gasteiger partial charge < -0.3 is 9.73 Å². The normalized spacial score (nSPS) is 10.3. The van der Waals surface area contributed by atoms with Crippen LogP contribution in [-0.4, -0.2) is 5.91 Å². The van der Waals surface area contributed by atoms with E-state index in [2.05, 4.69) is 27.9 Å². The van der Waals surface area contributed by atoms with E-state index in [0.717, 1.165) is 20.4 Å². The van der Waals surface area contributed by atoms with Gasteiger partial charge in [0.25, 0.3) is 5.91 Å². The van der Waals surface area contributed by atoms with Crippen LogP contribution in [0.25, 0.3) is 11.1 Å². The van der Waals surface area contributed by atoms with Crippen LogP contribution in [0.15, 0.2) is 71.3 Å². The summed E-state index contributed by atoms with van der Waals surface area (Å²) in [6.45, 7) is 0. The van der Waals surface area contributed by atoms with Gasteiger partial charge in [-0.15, -0.1) is 0 Å². The van der Waals surface area contributed by atoms with E-state index in [-0.39, 0.29) is 5.91 Å². The minimum Gasteiger partial charge on any atom is -0.459 e. The third-order valence-corrected chi connectivity index (χ3v) is 3.78. The van der Waals surface area contributed by atoms with E-state index in [1.165, 1.54) is 6.26 Å². The van der Waals surface area contributed by atoms with Crippen molar-refractivity contribution in [2.24, 2.45) is 0 Å². The number of carbonyl (C=O) groups is 1. The van der Waals surface area contributed by atoms with Crippen LogP contribution >= 0.6 is 22.6 Å². The highest BCUT2D eigenvalue weighted by atomic mass is 127. The Labute approximate surface area is 136 Å². The molecule has 1 heterocycles. The number of rotatable bonds is 3. The van der Waals surface area contributed by atoms with Crippen LogP contribution in [0.3, 0.4) is 0 Å². The number of carbonyl (C=O) groups excluding carboxylic acids is 1. The van der Waals surface area contributed by atoms with Gasteiger partial charge in [0.2, 0.25) is 0 Å². The molecule has 1 amide bonds. The first kappa shape index (κ1) is 13.9. The predicted molar refractivity (Wildman–Crippen MR) is 91.3 cm³/mol. The minimum atomic E-state index is -0.250. The number of anilines is 1. The molecule has 0 aliphatic carbocycles. The Morgan fingerprint density at radius 3 is 2.38 bits per heavy atom. The molecular weight excluding hydrogens is 377 g/mol. The summed E-state index contributed by atoms with van der Waals surface area (Å²) in [5.41, 5.74) is 2.49. The van der Waals surface area contributed by atoms with Crippen molar-refractivity contribution in [2.75, 3.05) is 5.32 Å². The zero-order valence-corrected chi connectivity index (χ0v) is 13.2. The van der Waals surface area contributed by atoms with Gasteiger partial charge in [-0.1, -0.05) is 30.3 Å². The van der Waals surface area contributed by atoms with E-state index >= 15 is 0 Å². The number of halogens is 1. The van der Waals surface area contributed by atoms with E-state index < -0.39 is 0 Å². The first-order chi connectivity index (χ1) is 10.2. The Hall–Kier alpha value is -2.08. The van der Waals surface area contributed by atoms with Crippen LogP contribution in [0.5, 0.6) is 0 Å². The Bertz CT molecular complexity index is 748. The van der Waals surface area contributed by atoms with Crippen molar-refractivity contribution in [3.8, 4) is 11.1 Å². The first-order valence-corrected chi connectivity index (χ1v) is 7.52. The third kappa shape index (κ3) is 3.16. The summed E-state index contributed by atoms with van der Waals surface area (Å²) in [6, 6.07) is 19.1. The molecule has 0 aliphatic heterocycles. The molecule has 0 saturated heterocycles. The molecule has 0 fully saturated rings. The highest BCUT2D eigenvalue weighted by Gasteiger charge is 2.16. The van der Waals surface area contributed by atoms with E-state index in [0.29, 0.717) is 5.76 Å². The molecule has 3 aromatic rings. The predicted octanol–water partition coefficient (Wildman–Crippen LogP) is 4.80. The maximum Gasteiger partial charge on any atom is 0.292 e. The van der Waals surface area contributed by atoms with Crippen molar-refractivity contribution < 1.29 is 9.21 Å². The number of hydrogen-bond donors (Lipinski definition) is 1. The molecule has 0 spiro atoms. The number of nitrogens with one attached hydrogen (secondary N) is 1. The molecule has 0 radical (unpaired) electrons. The summed E-state index contributed by atoms with van der Waals surface area (Å²) in [6.07, 6.45) is 1.53. The number of furan rings is 1. The van der Waals surface area contributed by atoms with E-state index in [1.54, 1.807) is 6.07 Å². The summed E-state index contributed by atoms with van der Waals surface area (Å²) in [5, 5.41) is 2.85. The molecular formula is C17H12INO2. The average Bonchev–Trinajstić information content (AvgIpc) is 3.00. The van der Waals surface area contributed by atoms with E-state index in [1.807, 2.05) is 54.6 Å². The summed E-state index contributed by atoms with van der Waals surface area (Å²) in [5.74, 6) is 0.0693. The standard InChI is InChI=1S/C17H12INO2/c18-13-6-8-14(9-7-13)19-17(20)16-15(10-11-21-16)12-4-2-1-3-5-12/h1-11H,(H,19,20). The number of benzene rings is 2. The molecule has 104 valence electrons. The molecule has 1 aromatic heterocycles. The molecule has 3 rings (SSSR count). The highest BCUT2D eigenvalue weighted by molar-refractivity contribution is 14.1. The largest absolute Gasteiger partial charge is 0.459 e. The van der Waals surface area contributed by atoms with Gasteiger partial charge in [0.1, 0.15) is 0 Å². The molecule has 4 heteroatoms. The molecule has 0 unspecified atom stereocenters. The van der Waals surface area contributed by atoms with Crippen LogP contribution in [-0.2, 0) is 0 Å². The van der Waals surface area contributed by atoms with Crippen molar-refractivity contribution in [3.05, 3.63) is 76.3 Å².